The van der Waals surface area contributed by atoms with Crippen LogP contribution in [-0.2, 0) is 0 Å². The van der Waals surface area contributed by atoms with Gasteiger partial charge in [0.15, 0.2) is 5.82 Å². The summed E-state index contributed by atoms with van der Waals surface area (Å²) >= 11 is 0. The minimum Gasteiger partial charge on any atom is -0.496 e. The number of aromatic nitrogens is 6. The molecular weight excluding hydrogens is 380 g/mol. The van der Waals surface area contributed by atoms with Crippen molar-refractivity contribution in [1.82, 2.24) is 29.7 Å². The number of nitrogens with zero attached hydrogens (tertiary/aromatic N) is 5. The zero-order chi connectivity index (χ0) is 21.2. The van der Waals surface area contributed by atoms with Crippen molar-refractivity contribution in [1.29, 1.82) is 0 Å². The number of methoxy groups -OCH3 is 1. The summed E-state index contributed by atoms with van der Waals surface area (Å²) in [4.78, 5) is 17.1. The molecule has 1 N–H and O–H groups in total. The predicted octanol–water partition coefficient (Wildman–Crippen LogP) is 4.50. The van der Waals surface area contributed by atoms with E-state index in [4.69, 9.17) is 9.26 Å². The number of fused-ring (bicyclic) bond motifs is 3. The lowest BCUT2D eigenvalue weighted by Gasteiger charge is -2.10. The third-order valence-electron chi connectivity index (χ3n) is 5.72. The molecule has 4 aromatic heterocycles. The van der Waals surface area contributed by atoms with Gasteiger partial charge in [-0.3, -0.25) is 4.57 Å². The number of aryl methyl sites for hydroxylation is 4. The summed E-state index contributed by atoms with van der Waals surface area (Å²) in [5.74, 6) is 3.18. The minimum absolute atomic E-state index is 0.739. The molecule has 0 fully saturated rings. The fourth-order valence-corrected chi connectivity index (χ4v) is 4.23. The maximum atomic E-state index is 5.76. The van der Waals surface area contributed by atoms with E-state index >= 15 is 0 Å². The topological polar surface area (TPSA) is 94.7 Å². The Kier molecular flexibility index (Phi) is 3.92. The molecular formula is C22H22N6O2. The van der Waals surface area contributed by atoms with E-state index in [1.165, 1.54) is 0 Å². The van der Waals surface area contributed by atoms with Crippen LogP contribution in [0.2, 0.25) is 0 Å². The van der Waals surface area contributed by atoms with E-state index in [2.05, 4.69) is 35.7 Å². The largest absolute Gasteiger partial charge is 0.496 e. The Hall–Kier alpha value is -3.68. The van der Waals surface area contributed by atoms with Crippen molar-refractivity contribution in [3.63, 3.8) is 0 Å². The van der Waals surface area contributed by atoms with Gasteiger partial charge >= 0.3 is 0 Å². The molecule has 0 unspecified atom stereocenters. The molecule has 8 nitrogen and oxygen atoms in total. The zero-order valence-corrected chi connectivity index (χ0v) is 17.8. The summed E-state index contributed by atoms with van der Waals surface area (Å²) in [7, 11) is 1.67. The van der Waals surface area contributed by atoms with Gasteiger partial charge in [-0.15, -0.1) is 0 Å². The third-order valence-corrected chi connectivity index (χ3v) is 5.72. The summed E-state index contributed by atoms with van der Waals surface area (Å²) in [6.07, 6.45) is 1.58. The average Bonchev–Trinajstić information content (AvgIpc) is 3.33. The Bertz CT molecular complexity index is 1420. The first kappa shape index (κ1) is 18.4. The Balaban J connectivity index is 1.86. The van der Waals surface area contributed by atoms with E-state index in [1.54, 1.807) is 13.4 Å². The summed E-state index contributed by atoms with van der Waals surface area (Å²) in [5, 5.41) is 6.01. The van der Waals surface area contributed by atoms with Crippen LogP contribution in [0.4, 0.5) is 0 Å². The number of rotatable bonds is 3. The van der Waals surface area contributed by atoms with Gasteiger partial charge in [0.1, 0.15) is 29.3 Å². The summed E-state index contributed by atoms with van der Waals surface area (Å²) in [5.41, 5.74) is 6.43. The third kappa shape index (κ3) is 2.46. The number of imidazole rings is 1. The monoisotopic (exact) mass is 402 g/mol. The van der Waals surface area contributed by atoms with Crippen LogP contribution in [0.5, 0.6) is 5.75 Å². The van der Waals surface area contributed by atoms with Crippen LogP contribution >= 0.6 is 0 Å². The highest BCUT2D eigenvalue weighted by Crippen LogP contribution is 2.40. The zero-order valence-electron chi connectivity index (χ0n) is 17.8. The second-order valence-electron chi connectivity index (χ2n) is 7.51. The molecule has 1 aromatic carbocycles. The first-order valence-corrected chi connectivity index (χ1v) is 9.71. The highest BCUT2D eigenvalue weighted by molar-refractivity contribution is 6.11. The van der Waals surface area contributed by atoms with Crippen molar-refractivity contribution >= 4 is 21.9 Å². The molecule has 0 aliphatic rings. The van der Waals surface area contributed by atoms with Gasteiger partial charge in [0.2, 0.25) is 0 Å². The van der Waals surface area contributed by atoms with E-state index in [0.29, 0.717) is 0 Å². The van der Waals surface area contributed by atoms with Gasteiger partial charge < -0.3 is 14.2 Å². The number of hydrogen-bond acceptors (Lipinski definition) is 6. The van der Waals surface area contributed by atoms with Gasteiger partial charge in [-0.1, -0.05) is 5.16 Å². The maximum Gasteiger partial charge on any atom is 0.151 e. The van der Waals surface area contributed by atoms with E-state index in [-0.39, 0.29) is 0 Å². The van der Waals surface area contributed by atoms with Crippen molar-refractivity contribution in [2.45, 2.75) is 34.6 Å². The lowest BCUT2D eigenvalue weighted by atomic mass is 10.0. The molecule has 0 spiro atoms. The van der Waals surface area contributed by atoms with E-state index in [0.717, 1.165) is 73.3 Å². The molecule has 5 rings (SSSR count). The number of nitrogens with one attached hydrogen (secondary N) is 1. The molecule has 5 aromatic rings. The Morgan fingerprint density at radius 2 is 1.83 bits per heavy atom. The lowest BCUT2D eigenvalue weighted by molar-refractivity contribution is 0.393. The molecule has 4 heterocycles. The standard InChI is InChI=1S/C22H22N6O2/c1-10-12(3)28(14(5)25-10)22-20-15-8-18(29-6)16(19-11(2)27-30-13(19)4)7-17(15)26-21(20)23-9-24-22/h7-9H,1-6H3,(H,23,24,26). The molecule has 8 heteroatoms. The van der Waals surface area contributed by atoms with Crippen molar-refractivity contribution in [2.75, 3.05) is 7.11 Å². The molecule has 0 bridgehead atoms. The fraction of sp³-hybridized carbons (Fsp3) is 0.273. The van der Waals surface area contributed by atoms with Crippen LogP contribution < -0.4 is 4.74 Å². The first-order chi connectivity index (χ1) is 14.4. The van der Waals surface area contributed by atoms with Crippen molar-refractivity contribution in [3.05, 3.63) is 47.1 Å². The average molecular weight is 402 g/mol. The summed E-state index contributed by atoms with van der Waals surface area (Å²) < 4.78 is 13.2. The molecule has 0 saturated carbocycles. The fourth-order valence-electron chi connectivity index (χ4n) is 4.23. The van der Waals surface area contributed by atoms with E-state index < -0.39 is 0 Å². The number of hydrogen-bond donors (Lipinski definition) is 1. The van der Waals surface area contributed by atoms with Gasteiger partial charge in [0.25, 0.3) is 0 Å². The smallest absolute Gasteiger partial charge is 0.151 e. The van der Waals surface area contributed by atoms with Gasteiger partial charge in [-0.2, -0.15) is 0 Å². The molecule has 30 heavy (non-hydrogen) atoms. The van der Waals surface area contributed by atoms with Crippen molar-refractivity contribution in [3.8, 4) is 22.7 Å². The van der Waals surface area contributed by atoms with E-state index in [9.17, 15) is 0 Å². The lowest BCUT2D eigenvalue weighted by Crippen LogP contribution is -2.03. The van der Waals surface area contributed by atoms with Crippen LogP contribution in [0.25, 0.3) is 38.9 Å². The maximum absolute atomic E-state index is 5.76. The number of aromatic amines is 1. The Labute approximate surface area is 172 Å². The molecule has 0 saturated heterocycles. The number of benzene rings is 1. The Morgan fingerprint density at radius 1 is 1.03 bits per heavy atom. The van der Waals surface area contributed by atoms with Gasteiger partial charge in [-0.25, -0.2) is 15.0 Å². The van der Waals surface area contributed by atoms with E-state index in [1.807, 2.05) is 40.7 Å². The first-order valence-electron chi connectivity index (χ1n) is 9.71. The van der Waals surface area contributed by atoms with Crippen molar-refractivity contribution < 1.29 is 9.26 Å². The number of H-pyrrole nitrogens is 1. The molecule has 0 aliphatic carbocycles. The SMILES string of the molecule is COc1cc2c(cc1-c1c(C)noc1C)[nH]c1ncnc(-n3c(C)nc(C)c3C)c12. The quantitative estimate of drug-likeness (QED) is 0.477. The second-order valence-corrected chi connectivity index (χ2v) is 7.51. The Morgan fingerprint density at radius 3 is 2.47 bits per heavy atom. The van der Waals surface area contributed by atoms with Crippen LogP contribution in [0.3, 0.4) is 0 Å². The second kappa shape index (κ2) is 6.41. The highest BCUT2D eigenvalue weighted by Gasteiger charge is 2.21. The summed E-state index contributed by atoms with van der Waals surface area (Å²) in [6, 6.07) is 4.09. The van der Waals surface area contributed by atoms with Crippen LogP contribution in [0.1, 0.15) is 28.7 Å². The predicted molar refractivity (Wildman–Crippen MR) is 114 cm³/mol. The minimum atomic E-state index is 0.739. The van der Waals surface area contributed by atoms with Crippen LogP contribution in [-0.4, -0.2) is 36.8 Å². The van der Waals surface area contributed by atoms with Crippen LogP contribution in [0.15, 0.2) is 23.0 Å². The summed E-state index contributed by atoms with van der Waals surface area (Å²) in [6.45, 7) is 9.87. The van der Waals surface area contributed by atoms with Crippen LogP contribution in [0, 0.1) is 34.6 Å². The normalized spacial score (nSPS) is 11.7. The van der Waals surface area contributed by atoms with Gasteiger partial charge in [0.05, 0.1) is 29.4 Å². The molecule has 0 radical (unpaired) electrons. The molecule has 0 amide bonds. The molecule has 152 valence electrons. The molecule has 0 atom stereocenters. The number of ether oxygens (including phenoxy) is 1. The van der Waals surface area contributed by atoms with Crippen molar-refractivity contribution in [2.24, 2.45) is 0 Å². The van der Waals surface area contributed by atoms with Gasteiger partial charge in [0, 0.05) is 22.2 Å². The molecule has 0 aliphatic heterocycles. The van der Waals surface area contributed by atoms with Gasteiger partial charge in [-0.05, 0) is 46.8 Å². The highest BCUT2D eigenvalue weighted by atomic mass is 16.5.